The molecule has 0 aromatic carbocycles. The van der Waals surface area contributed by atoms with Crippen LogP contribution in [0, 0.1) is 5.92 Å². The minimum Gasteiger partial charge on any atom is -0.305 e. The van der Waals surface area contributed by atoms with Gasteiger partial charge in [0, 0.05) is 0 Å². The molecule has 1 rings (SSSR count). The molecule has 1 aliphatic heterocycles. The maximum Gasteiger partial charge on any atom is 0.138 e. The summed E-state index contributed by atoms with van der Waals surface area (Å²) >= 11 is 0. The van der Waals surface area contributed by atoms with E-state index in [1.807, 2.05) is 6.92 Å². The molecule has 80 valence electrons. The fraction of sp³-hybridized carbons (Fsp3) is 0.727. The Hall–Kier alpha value is -0.830. The minimum atomic E-state index is 0.0670. The first-order valence-electron chi connectivity index (χ1n) is 5.20. The monoisotopic (exact) mass is 195 g/mol. The molecule has 0 radical (unpaired) electrons. The summed E-state index contributed by atoms with van der Waals surface area (Å²) in [6, 6.07) is 0. The van der Waals surface area contributed by atoms with E-state index in [0.29, 0.717) is 5.92 Å². The van der Waals surface area contributed by atoms with Gasteiger partial charge in [-0.15, -0.1) is 0 Å². The predicted molar refractivity (Wildman–Crippen MR) is 61.2 cm³/mol. The van der Waals surface area contributed by atoms with Crippen LogP contribution in [0.2, 0.25) is 0 Å². The average molecular weight is 195 g/mol. The highest BCUT2D eigenvalue weighted by atomic mass is 15.4. The van der Waals surface area contributed by atoms with Gasteiger partial charge in [0.05, 0.1) is 12.1 Å². The van der Waals surface area contributed by atoms with E-state index < -0.39 is 0 Å². The maximum absolute atomic E-state index is 4.55. The molecule has 3 heteroatoms. The van der Waals surface area contributed by atoms with Crippen molar-refractivity contribution in [1.29, 1.82) is 0 Å². The van der Waals surface area contributed by atoms with Gasteiger partial charge in [-0.3, -0.25) is 4.99 Å². The number of allylic oxidation sites excluding steroid dienone is 1. The second-order valence-electron chi connectivity index (χ2n) is 4.46. The van der Waals surface area contributed by atoms with Crippen LogP contribution in [0.25, 0.3) is 0 Å². The Kier molecular flexibility index (Phi) is 3.32. The third-order valence-electron chi connectivity index (χ3n) is 3.11. The van der Waals surface area contributed by atoms with Crippen LogP contribution in [-0.4, -0.2) is 17.9 Å². The highest BCUT2D eigenvalue weighted by Gasteiger charge is 2.30. The van der Waals surface area contributed by atoms with E-state index in [-0.39, 0.29) is 5.54 Å². The van der Waals surface area contributed by atoms with E-state index in [0.717, 1.165) is 12.4 Å². The number of aliphatic imine (C=N–C) groups is 1. The zero-order valence-electron chi connectivity index (χ0n) is 9.81. The van der Waals surface area contributed by atoms with Gasteiger partial charge in [0.1, 0.15) is 5.84 Å². The molecule has 0 aromatic rings. The fourth-order valence-corrected chi connectivity index (χ4v) is 1.21. The Balaban J connectivity index is 2.73. The average Bonchev–Trinajstić information content (AvgIpc) is 2.17. The Bertz CT molecular complexity index is 266. The van der Waals surface area contributed by atoms with E-state index >= 15 is 0 Å². The Morgan fingerprint density at radius 1 is 1.57 bits per heavy atom. The van der Waals surface area contributed by atoms with E-state index in [2.05, 4.69) is 49.6 Å². The van der Waals surface area contributed by atoms with Crippen molar-refractivity contribution in [3.05, 3.63) is 11.6 Å². The van der Waals surface area contributed by atoms with E-state index in [4.69, 9.17) is 0 Å². The van der Waals surface area contributed by atoms with Crippen LogP contribution < -0.4 is 10.9 Å². The lowest BCUT2D eigenvalue weighted by Crippen LogP contribution is -2.60. The fourth-order valence-electron chi connectivity index (χ4n) is 1.21. The largest absolute Gasteiger partial charge is 0.305 e. The van der Waals surface area contributed by atoms with Gasteiger partial charge < -0.3 is 5.43 Å². The summed E-state index contributed by atoms with van der Waals surface area (Å²) in [6.45, 7) is 11.5. The molecule has 0 aromatic heterocycles. The van der Waals surface area contributed by atoms with Gasteiger partial charge >= 0.3 is 0 Å². The van der Waals surface area contributed by atoms with Crippen molar-refractivity contribution in [2.24, 2.45) is 10.9 Å². The molecule has 2 N–H and O–H groups in total. The first kappa shape index (κ1) is 11.2. The number of rotatable bonds is 2. The second-order valence-corrected chi connectivity index (χ2v) is 4.46. The first-order chi connectivity index (χ1) is 6.49. The Labute approximate surface area is 86.7 Å². The van der Waals surface area contributed by atoms with Crippen molar-refractivity contribution >= 4 is 5.84 Å². The van der Waals surface area contributed by atoms with Gasteiger partial charge in [-0.1, -0.05) is 19.9 Å². The number of nitrogens with zero attached hydrogens (tertiary/aromatic N) is 1. The maximum atomic E-state index is 4.55. The van der Waals surface area contributed by atoms with Crippen LogP contribution in [0.15, 0.2) is 16.6 Å². The van der Waals surface area contributed by atoms with Crippen LogP contribution in [0.3, 0.4) is 0 Å². The molecule has 0 saturated heterocycles. The van der Waals surface area contributed by atoms with Crippen molar-refractivity contribution in [1.82, 2.24) is 10.9 Å². The standard InChI is InChI=1S/C11H21N3/c1-6-9(4)10-12-7-11(5,8(2)3)14-13-10/h6,8,14H,7H2,1-5H3,(H,12,13)/b9-6-. The van der Waals surface area contributed by atoms with Crippen LogP contribution in [-0.2, 0) is 0 Å². The smallest absolute Gasteiger partial charge is 0.138 e. The molecule has 1 aliphatic rings. The lowest BCUT2D eigenvalue weighted by molar-refractivity contribution is 0.245. The predicted octanol–water partition coefficient (Wildman–Crippen LogP) is 1.87. The molecule has 0 spiro atoms. The zero-order chi connectivity index (χ0) is 10.8. The van der Waals surface area contributed by atoms with Crippen molar-refractivity contribution in [3.63, 3.8) is 0 Å². The third kappa shape index (κ3) is 2.15. The molecule has 0 aliphatic carbocycles. The van der Waals surface area contributed by atoms with E-state index in [1.54, 1.807) is 0 Å². The summed E-state index contributed by atoms with van der Waals surface area (Å²) in [5.74, 6) is 1.52. The van der Waals surface area contributed by atoms with Crippen LogP contribution in [0.1, 0.15) is 34.6 Å². The van der Waals surface area contributed by atoms with Crippen LogP contribution in [0.5, 0.6) is 0 Å². The summed E-state index contributed by atoms with van der Waals surface area (Å²) in [5, 5.41) is 0. The highest BCUT2D eigenvalue weighted by Crippen LogP contribution is 2.18. The summed E-state index contributed by atoms with van der Waals surface area (Å²) in [5.41, 5.74) is 7.76. The summed E-state index contributed by atoms with van der Waals surface area (Å²) in [7, 11) is 0. The quantitative estimate of drug-likeness (QED) is 0.705. The van der Waals surface area contributed by atoms with Gasteiger partial charge in [-0.25, -0.2) is 5.43 Å². The molecule has 0 bridgehead atoms. The van der Waals surface area contributed by atoms with Gasteiger partial charge in [-0.2, -0.15) is 0 Å². The van der Waals surface area contributed by atoms with E-state index in [9.17, 15) is 0 Å². The molecule has 14 heavy (non-hydrogen) atoms. The van der Waals surface area contributed by atoms with Crippen molar-refractivity contribution < 1.29 is 0 Å². The van der Waals surface area contributed by atoms with E-state index in [1.165, 1.54) is 5.57 Å². The molecule has 0 fully saturated rings. The van der Waals surface area contributed by atoms with Crippen LogP contribution in [0.4, 0.5) is 0 Å². The van der Waals surface area contributed by atoms with Crippen molar-refractivity contribution in [2.75, 3.05) is 6.54 Å². The number of hydrogen-bond donors (Lipinski definition) is 2. The normalized spacial score (nSPS) is 28.7. The first-order valence-corrected chi connectivity index (χ1v) is 5.20. The highest BCUT2D eigenvalue weighted by molar-refractivity contribution is 5.97. The summed E-state index contributed by atoms with van der Waals surface area (Å²) in [6.07, 6.45) is 2.06. The topological polar surface area (TPSA) is 36.4 Å². The van der Waals surface area contributed by atoms with Gasteiger partial charge in [-0.05, 0) is 32.3 Å². The zero-order valence-corrected chi connectivity index (χ0v) is 9.81. The Morgan fingerprint density at radius 3 is 2.57 bits per heavy atom. The summed E-state index contributed by atoms with van der Waals surface area (Å²) in [4.78, 5) is 4.55. The molecule has 1 unspecified atom stereocenters. The van der Waals surface area contributed by atoms with Gasteiger partial charge in [0.15, 0.2) is 0 Å². The van der Waals surface area contributed by atoms with Crippen molar-refractivity contribution in [3.8, 4) is 0 Å². The minimum absolute atomic E-state index is 0.0670. The number of hydrogen-bond acceptors (Lipinski definition) is 3. The number of nitrogens with one attached hydrogen (secondary N) is 2. The molecule has 1 atom stereocenters. The number of amidine groups is 1. The van der Waals surface area contributed by atoms with Gasteiger partial charge in [0.2, 0.25) is 0 Å². The van der Waals surface area contributed by atoms with Crippen LogP contribution >= 0.6 is 0 Å². The second kappa shape index (κ2) is 4.13. The molecular formula is C11H21N3. The van der Waals surface area contributed by atoms with Gasteiger partial charge in [0.25, 0.3) is 0 Å². The Morgan fingerprint density at radius 2 is 2.21 bits per heavy atom. The SMILES string of the molecule is C/C=C(/C)C1=NCC(C)(C(C)C)NN1. The lowest BCUT2D eigenvalue weighted by atomic mass is 9.89. The third-order valence-corrected chi connectivity index (χ3v) is 3.11. The number of hydrazine groups is 1. The lowest BCUT2D eigenvalue weighted by Gasteiger charge is -2.37. The van der Waals surface area contributed by atoms with Crippen molar-refractivity contribution in [2.45, 2.75) is 40.2 Å². The summed E-state index contributed by atoms with van der Waals surface area (Å²) < 4.78 is 0. The molecule has 0 saturated carbocycles. The molecule has 1 heterocycles. The molecule has 0 amide bonds. The molecular weight excluding hydrogens is 174 g/mol. The molecule has 3 nitrogen and oxygen atoms in total.